The van der Waals surface area contributed by atoms with Gasteiger partial charge in [-0.15, -0.1) is 0 Å². The molecular weight excluding hydrogens is 270 g/mol. The van der Waals surface area contributed by atoms with Crippen LogP contribution in [-0.4, -0.2) is 15.6 Å². The van der Waals surface area contributed by atoms with Crippen molar-refractivity contribution in [3.05, 3.63) is 47.1 Å². The van der Waals surface area contributed by atoms with Gasteiger partial charge in [-0.05, 0) is 23.6 Å². The maximum atomic E-state index is 10.9. The average molecular weight is 280 g/mol. The summed E-state index contributed by atoms with van der Waals surface area (Å²) in [5, 5.41) is 9.95. The summed E-state index contributed by atoms with van der Waals surface area (Å²) in [4.78, 5) is 10.9. The Morgan fingerprint density at radius 1 is 1.44 bits per heavy atom. The second-order valence-electron chi connectivity index (χ2n) is 3.54. The van der Waals surface area contributed by atoms with Gasteiger partial charge in [-0.25, -0.2) is 4.79 Å². The monoisotopic (exact) mass is 279 g/mol. The summed E-state index contributed by atoms with van der Waals surface area (Å²) in [7, 11) is 0. The molecule has 0 atom stereocenters. The number of hydrogen-bond acceptors (Lipinski definition) is 1. The van der Waals surface area contributed by atoms with E-state index in [4.69, 9.17) is 5.11 Å². The zero-order chi connectivity index (χ0) is 11.7. The van der Waals surface area contributed by atoms with E-state index < -0.39 is 5.97 Å². The van der Waals surface area contributed by atoms with Crippen molar-refractivity contribution in [2.75, 3.05) is 0 Å². The van der Waals surface area contributed by atoms with Gasteiger partial charge in [0.1, 0.15) is 0 Å². The van der Waals surface area contributed by atoms with Crippen LogP contribution in [0.15, 0.2) is 41.5 Å². The molecule has 2 rings (SSSR count). The zero-order valence-electron chi connectivity index (χ0n) is 8.48. The molecule has 82 valence electrons. The lowest BCUT2D eigenvalue weighted by Gasteiger charge is -2.04. The van der Waals surface area contributed by atoms with Crippen LogP contribution in [0.5, 0.6) is 0 Å². The molecular formula is C12H10BrNO2. The molecule has 0 aliphatic heterocycles. The molecule has 0 unspecified atom stereocenters. The molecule has 2 aromatic rings. The summed E-state index contributed by atoms with van der Waals surface area (Å²) in [6.45, 7) is 4.41. The molecule has 0 aliphatic rings. The third-order valence-electron chi connectivity index (χ3n) is 2.36. The first kappa shape index (κ1) is 11.0. The van der Waals surface area contributed by atoms with Crippen LogP contribution in [0.1, 0.15) is 10.4 Å². The lowest BCUT2D eigenvalue weighted by Crippen LogP contribution is -1.98. The van der Waals surface area contributed by atoms with Crippen molar-refractivity contribution in [2.45, 2.75) is 6.54 Å². The van der Waals surface area contributed by atoms with Gasteiger partial charge in [-0.2, -0.15) is 0 Å². The van der Waals surface area contributed by atoms with E-state index in [1.165, 1.54) is 0 Å². The molecule has 0 spiro atoms. The van der Waals surface area contributed by atoms with Gasteiger partial charge in [0.2, 0.25) is 0 Å². The highest BCUT2D eigenvalue weighted by atomic mass is 79.9. The van der Waals surface area contributed by atoms with Crippen molar-refractivity contribution < 1.29 is 9.90 Å². The molecule has 1 aromatic carbocycles. The smallest absolute Gasteiger partial charge is 0.335 e. The van der Waals surface area contributed by atoms with Crippen molar-refractivity contribution in [1.82, 2.24) is 4.57 Å². The zero-order valence-corrected chi connectivity index (χ0v) is 10.1. The molecule has 0 saturated heterocycles. The van der Waals surface area contributed by atoms with Crippen LogP contribution >= 0.6 is 15.9 Å². The van der Waals surface area contributed by atoms with Crippen LogP contribution in [-0.2, 0) is 6.54 Å². The number of hydrogen-bond donors (Lipinski definition) is 1. The first-order valence-electron chi connectivity index (χ1n) is 4.73. The van der Waals surface area contributed by atoms with Crippen molar-refractivity contribution in [3.8, 4) is 0 Å². The molecule has 1 aromatic heterocycles. The number of fused-ring (bicyclic) bond motifs is 1. The number of carboxylic acid groups (broad SMARTS) is 1. The minimum atomic E-state index is -0.910. The van der Waals surface area contributed by atoms with Gasteiger partial charge in [0.05, 0.1) is 12.1 Å². The molecule has 4 heteroatoms. The number of aromatic carboxylic acids is 1. The average Bonchev–Trinajstić information content (AvgIpc) is 2.60. The van der Waals surface area contributed by atoms with Gasteiger partial charge < -0.3 is 9.67 Å². The molecule has 0 radical (unpaired) electrons. The Bertz CT molecular complexity index is 571. The molecule has 3 nitrogen and oxygen atoms in total. The van der Waals surface area contributed by atoms with E-state index in [2.05, 4.69) is 22.5 Å². The van der Waals surface area contributed by atoms with Crippen molar-refractivity contribution >= 4 is 32.8 Å². The molecule has 0 amide bonds. The summed E-state index contributed by atoms with van der Waals surface area (Å²) < 4.78 is 2.81. The Kier molecular flexibility index (Phi) is 2.83. The molecule has 16 heavy (non-hydrogen) atoms. The van der Waals surface area contributed by atoms with Gasteiger partial charge in [-0.1, -0.05) is 28.6 Å². The second-order valence-corrected chi connectivity index (χ2v) is 4.66. The number of carboxylic acids is 1. The van der Waals surface area contributed by atoms with Crippen LogP contribution in [0.4, 0.5) is 0 Å². The highest BCUT2D eigenvalue weighted by molar-refractivity contribution is 9.11. The number of benzene rings is 1. The molecule has 0 bridgehead atoms. The summed E-state index contributed by atoms with van der Waals surface area (Å²) in [6.07, 6.45) is 1.92. The van der Waals surface area contributed by atoms with Crippen LogP contribution in [0.25, 0.3) is 10.9 Å². The largest absolute Gasteiger partial charge is 0.478 e. The van der Waals surface area contributed by atoms with E-state index in [0.717, 1.165) is 15.4 Å². The summed E-state index contributed by atoms with van der Waals surface area (Å²) in [5.74, 6) is -0.910. The highest BCUT2D eigenvalue weighted by Gasteiger charge is 2.06. The van der Waals surface area contributed by atoms with E-state index in [1.54, 1.807) is 12.1 Å². The third-order valence-corrected chi connectivity index (χ3v) is 2.61. The van der Waals surface area contributed by atoms with Gasteiger partial charge in [0.25, 0.3) is 0 Å². The van der Waals surface area contributed by atoms with Gasteiger partial charge in [0.15, 0.2) is 0 Å². The van der Waals surface area contributed by atoms with Crippen LogP contribution in [0.3, 0.4) is 0 Å². The SMILES string of the molecule is C=C(Br)Cn1ccc2ccc(C(=O)O)cc21. The Morgan fingerprint density at radius 3 is 2.81 bits per heavy atom. The fourth-order valence-electron chi connectivity index (χ4n) is 1.64. The molecule has 0 saturated carbocycles. The quantitative estimate of drug-likeness (QED) is 0.937. The first-order chi connectivity index (χ1) is 7.58. The topological polar surface area (TPSA) is 42.2 Å². The standard InChI is InChI=1S/C12H10BrNO2/c1-8(13)7-14-5-4-9-2-3-10(12(15)16)6-11(9)14/h2-6H,1,7H2,(H,15,16). The predicted octanol–water partition coefficient (Wildman–Crippen LogP) is 3.25. The summed E-state index contributed by atoms with van der Waals surface area (Å²) in [6, 6.07) is 7.05. The number of nitrogens with zero attached hydrogens (tertiary/aromatic N) is 1. The minimum absolute atomic E-state index is 0.299. The van der Waals surface area contributed by atoms with E-state index in [0.29, 0.717) is 12.1 Å². The lowest BCUT2D eigenvalue weighted by molar-refractivity contribution is 0.0697. The van der Waals surface area contributed by atoms with Crippen LogP contribution in [0, 0.1) is 0 Å². The Hall–Kier alpha value is -1.55. The van der Waals surface area contributed by atoms with E-state index >= 15 is 0 Å². The second kappa shape index (κ2) is 4.14. The normalized spacial score (nSPS) is 10.6. The maximum Gasteiger partial charge on any atom is 0.335 e. The molecule has 1 heterocycles. The van der Waals surface area contributed by atoms with Crippen molar-refractivity contribution in [1.29, 1.82) is 0 Å². The van der Waals surface area contributed by atoms with E-state index in [1.807, 2.05) is 22.9 Å². The maximum absolute atomic E-state index is 10.9. The Morgan fingerprint density at radius 2 is 2.19 bits per heavy atom. The van der Waals surface area contributed by atoms with Crippen LogP contribution < -0.4 is 0 Å². The third kappa shape index (κ3) is 2.02. The Balaban J connectivity index is 2.55. The minimum Gasteiger partial charge on any atom is -0.478 e. The number of aromatic nitrogens is 1. The lowest BCUT2D eigenvalue weighted by atomic mass is 10.2. The number of carbonyl (C=O) groups is 1. The number of halogens is 1. The summed E-state index contributed by atoms with van der Waals surface area (Å²) in [5.41, 5.74) is 1.20. The van der Waals surface area contributed by atoms with E-state index in [-0.39, 0.29) is 0 Å². The predicted molar refractivity (Wildman–Crippen MR) is 67.0 cm³/mol. The summed E-state index contributed by atoms with van der Waals surface area (Å²) >= 11 is 3.30. The fraction of sp³-hybridized carbons (Fsp3) is 0.0833. The number of rotatable bonds is 3. The molecule has 0 aliphatic carbocycles. The van der Waals surface area contributed by atoms with E-state index in [9.17, 15) is 4.79 Å². The van der Waals surface area contributed by atoms with Crippen molar-refractivity contribution in [3.63, 3.8) is 0 Å². The molecule has 1 N–H and O–H groups in total. The van der Waals surface area contributed by atoms with Crippen molar-refractivity contribution in [2.24, 2.45) is 0 Å². The highest BCUT2D eigenvalue weighted by Crippen LogP contribution is 2.19. The Labute approximate surface area is 101 Å². The van der Waals surface area contributed by atoms with Gasteiger partial charge in [0, 0.05) is 16.2 Å². The number of allylic oxidation sites excluding steroid dienone is 1. The fourth-order valence-corrected chi connectivity index (χ4v) is 1.91. The first-order valence-corrected chi connectivity index (χ1v) is 5.52. The molecule has 0 fully saturated rings. The van der Waals surface area contributed by atoms with Crippen LogP contribution in [0.2, 0.25) is 0 Å². The van der Waals surface area contributed by atoms with Gasteiger partial charge in [-0.3, -0.25) is 0 Å². The van der Waals surface area contributed by atoms with Gasteiger partial charge >= 0.3 is 5.97 Å².